The highest BCUT2D eigenvalue weighted by atomic mass is 32.2. The second-order valence-corrected chi connectivity index (χ2v) is 37.4. The third-order valence-corrected chi connectivity index (χ3v) is 26.3. The molecule has 40 heteroatoms. The zero-order valence-corrected chi connectivity index (χ0v) is 66.4. The molecule has 36 nitrogen and oxygen atoms in total. The summed E-state index contributed by atoms with van der Waals surface area (Å²) in [4.78, 5) is 196. The number of hydrogen-bond donors (Lipinski definition) is 6. The summed E-state index contributed by atoms with van der Waals surface area (Å²) in [5.74, 6) is -9.58. The van der Waals surface area contributed by atoms with Crippen LogP contribution in [0.4, 0.5) is 28.0 Å². The summed E-state index contributed by atoms with van der Waals surface area (Å²) in [6.07, 6.45) is -3.30. The SMILES string of the molecule is C=C[C@@H]1C[C@]1(NC(=O)[C@@H]1C[C@@H](OC(=O)N2Cc3cccc(F)c3C2)CN1C(=O)[C@H](CCC(=O)N1C[C@@H]2C[C@H]1C(=O)O2)NC(=O)OC(C)(C)C)C(=O)NS(=O)(=O)C1CC1.C=C[C@@H]1C[C@]1(NC(=O)[C@@H]1C[C@@H](OC(=O)N2Cc3cccc(F)c3C2)CN1C(=O)[C@H](CCC(=O)N1C[C@H]2C[C@@H]1C(=O)O2)NC(=O)OC(C)(C)C)C(=O)NS(=O)(=O)C1CC1. The van der Waals surface area contributed by atoms with Crippen molar-refractivity contribution in [2.24, 2.45) is 11.8 Å². The number of nitrogens with one attached hydrogen (secondary N) is 6. The number of rotatable bonds is 24. The molecule has 12 aliphatic rings. The van der Waals surface area contributed by atoms with Crippen LogP contribution in [0.15, 0.2) is 61.7 Å². The molecule has 8 aliphatic heterocycles. The molecule has 14 rings (SSSR count). The van der Waals surface area contributed by atoms with Gasteiger partial charge in [0, 0.05) is 74.6 Å². The van der Waals surface area contributed by atoms with Crippen molar-refractivity contribution in [3.05, 3.63) is 95.6 Å². The highest BCUT2D eigenvalue weighted by Gasteiger charge is 2.64. The Bertz CT molecular complexity index is 4400. The maximum atomic E-state index is 14.6. The van der Waals surface area contributed by atoms with E-state index in [-0.39, 0.29) is 104 Å². The Labute approximate surface area is 666 Å². The number of sulfonamides is 2. The lowest BCUT2D eigenvalue weighted by Crippen LogP contribution is -2.58. The number of carbonyl (C=O) groups is 14. The maximum Gasteiger partial charge on any atom is 0.410 e. The minimum atomic E-state index is -4.00. The first-order valence-corrected chi connectivity index (χ1v) is 41.7. The summed E-state index contributed by atoms with van der Waals surface area (Å²) in [5.41, 5.74) is -3.52. The number of alkyl carbamates (subject to hydrolysis) is 2. The van der Waals surface area contributed by atoms with Crippen LogP contribution in [0.2, 0.25) is 0 Å². The van der Waals surface area contributed by atoms with Crippen molar-refractivity contribution in [2.45, 2.75) is 251 Å². The third-order valence-electron chi connectivity index (χ3n) is 22.6. The number of hydrogen-bond acceptors (Lipinski definition) is 24. The molecule has 628 valence electrons. The molecule has 0 spiro atoms. The smallest absolute Gasteiger partial charge is 0.410 e. The van der Waals surface area contributed by atoms with E-state index in [2.05, 4.69) is 43.9 Å². The zero-order chi connectivity index (χ0) is 83.8. The average molecular weight is 1660 g/mol. The molecule has 2 aromatic carbocycles. The molecule has 8 heterocycles. The van der Waals surface area contributed by atoms with Gasteiger partial charge in [0.25, 0.3) is 11.8 Å². The maximum absolute atomic E-state index is 14.6. The molecule has 4 saturated carbocycles. The van der Waals surface area contributed by atoms with E-state index < -0.39 is 221 Å². The number of carbonyl (C=O) groups excluding carboxylic acids is 14. The molecule has 0 aromatic heterocycles. The van der Waals surface area contributed by atoms with Gasteiger partial charge in [-0.1, -0.05) is 36.4 Å². The molecule has 14 atom stereocenters. The number of ether oxygens (including phenoxy) is 6. The van der Waals surface area contributed by atoms with Crippen molar-refractivity contribution in [2.75, 3.05) is 26.2 Å². The lowest BCUT2D eigenvalue weighted by atomic mass is 10.1. The molecule has 10 fully saturated rings. The Morgan fingerprint density at radius 2 is 0.914 bits per heavy atom. The fourth-order valence-electron chi connectivity index (χ4n) is 16.1. The second kappa shape index (κ2) is 31.8. The van der Waals surface area contributed by atoms with Crippen LogP contribution >= 0.6 is 0 Å². The summed E-state index contributed by atoms with van der Waals surface area (Å²) >= 11 is 0. The summed E-state index contributed by atoms with van der Waals surface area (Å²) in [6.45, 7) is 16.7. The van der Waals surface area contributed by atoms with Gasteiger partial charge < -0.3 is 69.3 Å². The highest BCUT2D eigenvalue weighted by molar-refractivity contribution is 7.91. The highest BCUT2D eigenvalue weighted by Crippen LogP contribution is 2.48. The van der Waals surface area contributed by atoms with Gasteiger partial charge in [-0.3, -0.25) is 57.6 Å². The molecular formula is C76H94F2N12O24S2. The van der Waals surface area contributed by atoms with Gasteiger partial charge in [0.15, 0.2) is 0 Å². The first-order chi connectivity index (χ1) is 54.6. The van der Waals surface area contributed by atoms with Gasteiger partial charge in [0.2, 0.25) is 55.5 Å². The molecule has 12 amide bonds. The molecule has 4 bridgehead atoms. The van der Waals surface area contributed by atoms with Gasteiger partial charge >= 0.3 is 36.3 Å². The Hall–Kier alpha value is -10.5. The normalized spacial score (nSPS) is 27.6. The van der Waals surface area contributed by atoms with Gasteiger partial charge in [-0.05, 0) is 116 Å². The molecule has 6 saturated heterocycles. The monoisotopic (exact) mass is 1660 g/mol. The number of amides is 12. The molecule has 116 heavy (non-hydrogen) atoms. The van der Waals surface area contributed by atoms with Crippen LogP contribution in [0.25, 0.3) is 0 Å². The second-order valence-electron chi connectivity index (χ2n) is 33.5. The number of likely N-dealkylation sites (tertiary alicyclic amines) is 4. The average Bonchev–Trinajstić information content (AvgIpc) is 1.57. The van der Waals surface area contributed by atoms with Gasteiger partial charge in [0.1, 0.15) is 94.6 Å². The molecular weight excluding hydrogens is 1570 g/mol. The molecule has 4 aliphatic carbocycles. The zero-order valence-electron chi connectivity index (χ0n) is 64.7. The predicted octanol–water partition coefficient (Wildman–Crippen LogP) is 2.23. The topological polar surface area (TPSA) is 454 Å². The summed E-state index contributed by atoms with van der Waals surface area (Å²) in [6, 6.07) is 1.70. The van der Waals surface area contributed by atoms with Crippen molar-refractivity contribution < 1.29 is 121 Å². The molecule has 2 aromatic rings. The fraction of sp³-hybridized carbons (Fsp3) is 0.605. The third kappa shape index (κ3) is 18.0. The Morgan fingerprint density at radius 1 is 0.543 bits per heavy atom. The van der Waals surface area contributed by atoms with Crippen LogP contribution in [0.5, 0.6) is 0 Å². The van der Waals surface area contributed by atoms with E-state index in [1.54, 1.807) is 53.7 Å². The van der Waals surface area contributed by atoms with E-state index in [4.69, 9.17) is 28.4 Å². The molecule has 0 unspecified atom stereocenters. The summed E-state index contributed by atoms with van der Waals surface area (Å²) in [5, 5.41) is 8.88. The van der Waals surface area contributed by atoms with E-state index in [0.717, 1.165) is 9.80 Å². The number of morpholine rings is 2. The number of halogens is 2. The van der Waals surface area contributed by atoms with E-state index in [0.29, 0.717) is 60.8 Å². The van der Waals surface area contributed by atoms with Gasteiger partial charge in [-0.2, -0.15) is 0 Å². The van der Waals surface area contributed by atoms with Gasteiger partial charge in [0.05, 0.1) is 49.8 Å². The number of fused-ring (bicyclic) bond motifs is 6. The number of esters is 2. The lowest BCUT2D eigenvalue weighted by molar-refractivity contribution is -0.157. The van der Waals surface area contributed by atoms with Crippen molar-refractivity contribution in [3.8, 4) is 0 Å². The fourth-order valence-corrected chi connectivity index (χ4v) is 18.9. The summed E-state index contributed by atoms with van der Waals surface area (Å²) in [7, 11) is -8.00. The standard InChI is InChI=1S/2C38H47FN6O12S/c2*1-5-21-15-38(21,34(50)42-58(53,54)24-9-10-24)41-31(47)28-13-23(56-36(52)43-16-20-7-6-8-26(39)25(20)19-43)18-45(28)32(48)27(40-35(51)57-37(2,3)4)11-12-30(46)44-17-22-14-29(44)33(49)55-22/h2*5-8,21-24,27-29H,1,9-19H2,2-4H3,(H,40,51)(H,41,47)(H,42,50)/t21-,22+,23-,27+,28+,29+,38-;21-,22-,23-,27+,28+,29-,38-/m11/s1. The minimum absolute atomic E-state index is 0.0241. The Kier molecular flexibility index (Phi) is 22.9. The van der Waals surface area contributed by atoms with E-state index in [1.165, 1.54) is 56.0 Å². The number of nitrogens with zero attached hydrogens (tertiary/aromatic N) is 6. The van der Waals surface area contributed by atoms with Crippen molar-refractivity contribution in [3.63, 3.8) is 0 Å². The van der Waals surface area contributed by atoms with Crippen molar-refractivity contribution in [1.29, 1.82) is 0 Å². The van der Waals surface area contributed by atoms with E-state index >= 15 is 0 Å². The largest absolute Gasteiger partial charge is 0.459 e. The van der Waals surface area contributed by atoms with Crippen molar-refractivity contribution >= 4 is 104 Å². The van der Waals surface area contributed by atoms with Crippen LogP contribution in [-0.2, 0) is 123 Å². The quantitative estimate of drug-likeness (QED) is 0.0498. The first kappa shape index (κ1) is 83.4. The Morgan fingerprint density at radius 3 is 1.22 bits per heavy atom. The van der Waals surface area contributed by atoms with Crippen LogP contribution in [-0.4, -0.2) is 249 Å². The molecule has 6 N–H and O–H groups in total. The predicted molar refractivity (Wildman–Crippen MR) is 395 cm³/mol. The van der Waals surface area contributed by atoms with Gasteiger partial charge in [-0.15, -0.1) is 13.2 Å². The summed E-state index contributed by atoms with van der Waals surface area (Å²) < 4.78 is 117. The first-order valence-electron chi connectivity index (χ1n) is 38.6. The minimum Gasteiger partial charge on any atom is -0.459 e. The Balaban J connectivity index is 0.000000202. The van der Waals surface area contributed by atoms with Crippen LogP contribution in [0.1, 0.15) is 154 Å². The van der Waals surface area contributed by atoms with Crippen molar-refractivity contribution in [1.82, 2.24) is 60.1 Å². The van der Waals surface area contributed by atoms with E-state index in [1.807, 2.05) is 0 Å². The van der Waals surface area contributed by atoms with Crippen LogP contribution in [0, 0.1) is 23.5 Å². The molecule has 0 radical (unpaired) electrons. The van der Waals surface area contributed by atoms with E-state index in [9.17, 15) is 92.7 Å². The van der Waals surface area contributed by atoms with Gasteiger partial charge in [-0.25, -0.2) is 54.4 Å². The van der Waals surface area contributed by atoms with Crippen LogP contribution in [0.3, 0.4) is 0 Å². The lowest BCUT2D eigenvalue weighted by Gasteiger charge is -2.31. The number of benzene rings is 2. The van der Waals surface area contributed by atoms with Crippen LogP contribution < -0.4 is 30.7 Å².